The molecule has 1 fully saturated rings. The highest BCUT2D eigenvalue weighted by Gasteiger charge is 2.70. The van der Waals surface area contributed by atoms with Crippen molar-refractivity contribution >= 4 is 0 Å². The Hall–Kier alpha value is -0.0400. The fourth-order valence-electron chi connectivity index (χ4n) is 2.94. The van der Waals surface area contributed by atoms with Gasteiger partial charge in [-0.25, -0.2) is 0 Å². The van der Waals surface area contributed by atoms with Crippen LogP contribution in [0.3, 0.4) is 0 Å². The number of epoxide rings is 1. The first kappa shape index (κ1) is 11.0. The molecule has 0 aromatic heterocycles. The van der Waals surface area contributed by atoms with Crippen molar-refractivity contribution < 1.29 is 4.74 Å². The average Bonchev–Trinajstić information content (AvgIpc) is 2.59. The minimum atomic E-state index is 0.106. The Bertz CT molecular complexity index is 185. The summed E-state index contributed by atoms with van der Waals surface area (Å²) in [5.74, 6) is 1.83. The summed E-state index contributed by atoms with van der Waals surface area (Å²) in [4.78, 5) is 0. The average molecular weight is 184 g/mol. The summed E-state index contributed by atoms with van der Waals surface area (Å²) < 4.78 is 6.08. The Morgan fingerprint density at radius 3 is 1.23 bits per heavy atom. The van der Waals surface area contributed by atoms with Crippen LogP contribution in [0.1, 0.15) is 48.5 Å². The van der Waals surface area contributed by atoms with Crippen LogP contribution in [0.25, 0.3) is 0 Å². The van der Waals surface area contributed by atoms with E-state index in [1.165, 1.54) is 0 Å². The summed E-state index contributed by atoms with van der Waals surface area (Å²) in [6, 6.07) is 0. The van der Waals surface area contributed by atoms with Gasteiger partial charge >= 0.3 is 0 Å². The van der Waals surface area contributed by atoms with Gasteiger partial charge in [0, 0.05) is 0 Å². The van der Waals surface area contributed by atoms with Crippen LogP contribution < -0.4 is 0 Å². The summed E-state index contributed by atoms with van der Waals surface area (Å²) in [6.07, 6.45) is 0. The van der Waals surface area contributed by atoms with Crippen LogP contribution in [-0.4, -0.2) is 11.2 Å². The fraction of sp³-hybridized carbons (Fsp3) is 1.00. The largest absolute Gasteiger partial charge is 0.362 e. The minimum Gasteiger partial charge on any atom is -0.362 e. The van der Waals surface area contributed by atoms with Crippen molar-refractivity contribution in [3.8, 4) is 0 Å². The van der Waals surface area contributed by atoms with E-state index in [1.54, 1.807) is 0 Å². The molecule has 0 N–H and O–H groups in total. The monoisotopic (exact) mass is 184 g/mol. The van der Waals surface area contributed by atoms with Crippen molar-refractivity contribution in [3.05, 3.63) is 0 Å². The molecule has 13 heavy (non-hydrogen) atoms. The minimum absolute atomic E-state index is 0.106. The van der Waals surface area contributed by atoms with Gasteiger partial charge in [-0.2, -0.15) is 0 Å². The molecule has 1 heteroatoms. The van der Waals surface area contributed by atoms with Crippen LogP contribution >= 0.6 is 0 Å². The molecule has 0 saturated carbocycles. The molecule has 0 bridgehead atoms. The highest BCUT2D eigenvalue weighted by atomic mass is 16.6. The van der Waals surface area contributed by atoms with Gasteiger partial charge in [0.15, 0.2) is 0 Å². The van der Waals surface area contributed by atoms with E-state index in [9.17, 15) is 0 Å². The van der Waals surface area contributed by atoms with Gasteiger partial charge in [-0.1, -0.05) is 41.5 Å². The number of ether oxygens (including phenoxy) is 1. The molecule has 0 aliphatic carbocycles. The van der Waals surface area contributed by atoms with E-state index in [2.05, 4.69) is 48.5 Å². The zero-order valence-corrected chi connectivity index (χ0v) is 10.1. The van der Waals surface area contributed by atoms with Crippen LogP contribution in [0.15, 0.2) is 0 Å². The smallest absolute Gasteiger partial charge is 0.102 e. The van der Waals surface area contributed by atoms with Crippen molar-refractivity contribution in [2.45, 2.75) is 59.7 Å². The molecule has 1 atom stereocenters. The second-order valence-electron chi connectivity index (χ2n) is 5.47. The van der Waals surface area contributed by atoms with Gasteiger partial charge in [0.05, 0.1) is 5.60 Å². The quantitative estimate of drug-likeness (QED) is 0.612. The van der Waals surface area contributed by atoms with Gasteiger partial charge in [0.2, 0.25) is 0 Å². The van der Waals surface area contributed by atoms with Crippen molar-refractivity contribution in [1.82, 2.24) is 0 Å². The molecule has 1 saturated heterocycles. The number of rotatable bonds is 3. The van der Waals surface area contributed by atoms with Crippen LogP contribution in [0.2, 0.25) is 0 Å². The molecule has 0 radical (unpaired) electrons. The molecular weight excluding hydrogens is 160 g/mol. The molecule has 78 valence electrons. The molecule has 1 aliphatic rings. The summed E-state index contributed by atoms with van der Waals surface area (Å²) in [5, 5.41) is 0. The first-order valence-corrected chi connectivity index (χ1v) is 5.49. The van der Waals surface area contributed by atoms with Crippen molar-refractivity contribution in [2.75, 3.05) is 0 Å². The van der Waals surface area contributed by atoms with E-state index >= 15 is 0 Å². The van der Waals surface area contributed by atoms with E-state index in [4.69, 9.17) is 4.74 Å². The van der Waals surface area contributed by atoms with Crippen molar-refractivity contribution in [3.63, 3.8) is 0 Å². The zero-order valence-electron chi connectivity index (χ0n) is 10.1. The van der Waals surface area contributed by atoms with Crippen LogP contribution in [0.5, 0.6) is 0 Å². The molecular formula is C12H24O. The Balaban J connectivity index is 2.90. The topological polar surface area (TPSA) is 12.5 Å². The summed E-state index contributed by atoms with van der Waals surface area (Å²) >= 11 is 0. The lowest BCUT2D eigenvalue weighted by molar-refractivity contribution is 0.175. The van der Waals surface area contributed by atoms with Gasteiger partial charge in [0.1, 0.15) is 5.60 Å². The fourth-order valence-corrected chi connectivity index (χ4v) is 2.94. The van der Waals surface area contributed by atoms with Gasteiger partial charge in [-0.05, 0) is 24.7 Å². The van der Waals surface area contributed by atoms with E-state index in [0.717, 1.165) is 0 Å². The lowest BCUT2D eigenvalue weighted by Crippen LogP contribution is -2.37. The number of hydrogen-bond donors (Lipinski definition) is 0. The first-order valence-electron chi connectivity index (χ1n) is 5.49. The standard InChI is InChI=1S/C12H24O/c1-8(2)11(7)12(13-11,9(3)4)10(5)6/h8-10H,1-7H3. The van der Waals surface area contributed by atoms with E-state index in [0.29, 0.717) is 17.8 Å². The molecule has 1 aliphatic heterocycles. The third-order valence-corrected chi connectivity index (χ3v) is 3.93. The molecule has 0 aromatic carbocycles. The van der Waals surface area contributed by atoms with Crippen LogP contribution in [-0.2, 0) is 4.74 Å². The summed E-state index contributed by atoms with van der Waals surface area (Å²) in [6.45, 7) is 15.9. The number of hydrogen-bond acceptors (Lipinski definition) is 1. The van der Waals surface area contributed by atoms with Gasteiger partial charge < -0.3 is 4.74 Å². The Morgan fingerprint density at radius 2 is 1.15 bits per heavy atom. The second kappa shape index (κ2) is 2.98. The molecule has 1 heterocycles. The van der Waals surface area contributed by atoms with Crippen molar-refractivity contribution in [2.24, 2.45) is 17.8 Å². The maximum absolute atomic E-state index is 6.08. The molecule has 0 amide bonds. The highest BCUT2D eigenvalue weighted by Crippen LogP contribution is 2.60. The molecule has 0 spiro atoms. The molecule has 1 unspecified atom stereocenters. The SMILES string of the molecule is CC(C)C1(C)OC1(C(C)C)C(C)C. The Labute approximate surface area is 82.9 Å². The Morgan fingerprint density at radius 1 is 0.769 bits per heavy atom. The maximum atomic E-state index is 6.08. The first-order chi connectivity index (χ1) is 5.79. The van der Waals surface area contributed by atoms with Gasteiger partial charge in [-0.3, -0.25) is 0 Å². The molecule has 1 nitrogen and oxygen atoms in total. The second-order valence-corrected chi connectivity index (χ2v) is 5.47. The third kappa shape index (κ3) is 1.24. The Kier molecular flexibility index (Phi) is 2.53. The van der Waals surface area contributed by atoms with Gasteiger partial charge in [0.25, 0.3) is 0 Å². The highest BCUT2D eigenvalue weighted by molar-refractivity contribution is 5.17. The molecule has 1 rings (SSSR count). The summed E-state index contributed by atoms with van der Waals surface area (Å²) in [5.41, 5.74) is 0.233. The predicted molar refractivity (Wildman–Crippen MR) is 56.7 cm³/mol. The lowest BCUT2D eigenvalue weighted by atomic mass is 9.72. The van der Waals surface area contributed by atoms with E-state index in [-0.39, 0.29) is 11.2 Å². The zero-order chi connectivity index (χ0) is 10.4. The van der Waals surface area contributed by atoms with E-state index in [1.807, 2.05) is 0 Å². The van der Waals surface area contributed by atoms with Gasteiger partial charge in [-0.15, -0.1) is 0 Å². The van der Waals surface area contributed by atoms with Crippen molar-refractivity contribution in [1.29, 1.82) is 0 Å². The van der Waals surface area contributed by atoms with Crippen LogP contribution in [0, 0.1) is 17.8 Å². The summed E-state index contributed by atoms with van der Waals surface area (Å²) in [7, 11) is 0. The normalized spacial score (nSPS) is 31.8. The molecule has 0 aromatic rings. The maximum Gasteiger partial charge on any atom is 0.102 e. The lowest BCUT2D eigenvalue weighted by Gasteiger charge is -2.26. The van der Waals surface area contributed by atoms with Crippen LogP contribution in [0.4, 0.5) is 0 Å². The predicted octanol–water partition coefficient (Wildman–Crippen LogP) is 3.48. The third-order valence-electron chi connectivity index (χ3n) is 3.93. The van der Waals surface area contributed by atoms with E-state index < -0.39 is 0 Å².